The first-order valence-corrected chi connectivity index (χ1v) is 10.7. The number of ether oxygens (including phenoxy) is 1. The first-order valence-electron chi connectivity index (χ1n) is 9.26. The first-order chi connectivity index (χ1) is 15.5. The van der Waals surface area contributed by atoms with Crippen molar-refractivity contribution < 1.29 is 22.4 Å². The number of hydrogen-bond acceptors (Lipinski definition) is 9. The molecular weight excluding hydrogens is 434 g/mol. The highest BCUT2D eigenvalue weighted by atomic mass is 32.2. The Bertz CT molecular complexity index is 1360. The Hall–Kier alpha value is -4.25. The molecule has 2 N–H and O–H groups in total. The summed E-state index contributed by atoms with van der Waals surface area (Å²) in [5, 5.41) is 2.93. The zero-order chi connectivity index (χ0) is 22.6. The molecular formula is C21H17N5O5S. The van der Waals surface area contributed by atoms with E-state index in [9.17, 15) is 13.2 Å². The lowest BCUT2D eigenvalue weighted by molar-refractivity contribution is -0.103. The number of aromatic nitrogens is 3. The molecule has 10 nitrogen and oxygen atoms in total. The fourth-order valence-electron chi connectivity index (χ4n) is 2.76. The number of anilines is 2. The molecule has 0 aliphatic rings. The molecule has 0 aliphatic heterocycles. The quantitative estimate of drug-likeness (QED) is 0.306. The standard InChI is InChI=1S/C21H17N5O5S/c1-30-21-19(22-10-11-23-21)26-32(28,29)16-8-6-15(7-9-16)24-12-14(13-27)20-25-17-4-2-3-5-18(17)31-20/h2-13,24H,1H3,(H,22,26). The van der Waals surface area contributed by atoms with Crippen LogP contribution in [0, 0.1) is 0 Å². The van der Waals surface area contributed by atoms with Crippen LogP contribution in [0.2, 0.25) is 0 Å². The van der Waals surface area contributed by atoms with E-state index < -0.39 is 10.0 Å². The van der Waals surface area contributed by atoms with Gasteiger partial charge in [0, 0.05) is 24.3 Å². The summed E-state index contributed by atoms with van der Waals surface area (Å²) < 4.78 is 38.2. The van der Waals surface area contributed by atoms with Gasteiger partial charge in [-0.25, -0.2) is 23.4 Å². The second-order valence-electron chi connectivity index (χ2n) is 6.39. The van der Waals surface area contributed by atoms with Gasteiger partial charge in [0.05, 0.1) is 17.6 Å². The third-order valence-electron chi connectivity index (χ3n) is 4.32. The lowest BCUT2D eigenvalue weighted by atomic mass is 10.3. The van der Waals surface area contributed by atoms with E-state index in [-0.39, 0.29) is 28.1 Å². The van der Waals surface area contributed by atoms with Crippen molar-refractivity contribution in [3.63, 3.8) is 0 Å². The average Bonchev–Trinajstić information content (AvgIpc) is 3.24. The summed E-state index contributed by atoms with van der Waals surface area (Å²) in [6.07, 6.45) is 4.79. The van der Waals surface area contributed by atoms with E-state index >= 15 is 0 Å². The maximum absolute atomic E-state index is 12.6. The van der Waals surface area contributed by atoms with Crippen LogP contribution < -0.4 is 14.8 Å². The van der Waals surface area contributed by atoms with Gasteiger partial charge in [-0.1, -0.05) is 12.1 Å². The fourth-order valence-corrected chi connectivity index (χ4v) is 3.77. The van der Waals surface area contributed by atoms with E-state index in [2.05, 4.69) is 25.0 Å². The number of methoxy groups -OCH3 is 1. The Balaban J connectivity index is 1.51. The van der Waals surface area contributed by atoms with Gasteiger partial charge in [-0.15, -0.1) is 0 Å². The number of sulfonamides is 1. The molecule has 0 aliphatic carbocycles. The van der Waals surface area contributed by atoms with Crippen molar-refractivity contribution in [1.29, 1.82) is 0 Å². The van der Waals surface area contributed by atoms with Crippen LogP contribution in [0.25, 0.3) is 16.7 Å². The van der Waals surface area contributed by atoms with Crippen LogP contribution in [-0.4, -0.2) is 36.8 Å². The summed E-state index contributed by atoms with van der Waals surface area (Å²) in [5.74, 6) is 0.212. The van der Waals surface area contributed by atoms with Crippen molar-refractivity contribution in [2.45, 2.75) is 4.90 Å². The van der Waals surface area contributed by atoms with Crippen LogP contribution in [0.15, 0.2) is 76.4 Å². The van der Waals surface area contributed by atoms with Crippen LogP contribution in [0.4, 0.5) is 11.5 Å². The summed E-state index contributed by atoms with van der Waals surface area (Å²) in [4.78, 5) is 23.6. The van der Waals surface area contributed by atoms with Gasteiger partial charge in [0.1, 0.15) is 5.52 Å². The van der Waals surface area contributed by atoms with Crippen molar-refractivity contribution in [2.75, 3.05) is 17.1 Å². The number of aldehydes is 1. The number of carbonyl (C=O) groups excluding carboxylic acids is 1. The lowest BCUT2D eigenvalue weighted by Crippen LogP contribution is -2.15. The summed E-state index contributed by atoms with van der Waals surface area (Å²) in [5.41, 5.74) is 1.96. The minimum Gasteiger partial charge on any atom is -0.478 e. The van der Waals surface area contributed by atoms with Gasteiger partial charge >= 0.3 is 0 Å². The second-order valence-corrected chi connectivity index (χ2v) is 8.08. The zero-order valence-electron chi connectivity index (χ0n) is 16.7. The molecule has 0 fully saturated rings. The number of allylic oxidation sites excluding steroid dienone is 1. The van der Waals surface area contributed by atoms with Crippen LogP contribution in [0.1, 0.15) is 5.89 Å². The molecule has 0 unspecified atom stereocenters. The summed E-state index contributed by atoms with van der Waals surface area (Å²) in [7, 11) is -2.55. The van der Waals surface area contributed by atoms with Crippen molar-refractivity contribution in [2.24, 2.45) is 0 Å². The molecule has 0 saturated carbocycles. The molecule has 4 aromatic rings. The third kappa shape index (κ3) is 4.42. The molecule has 0 radical (unpaired) electrons. The van der Waals surface area contributed by atoms with Crippen LogP contribution in [0.3, 0.4) is 0 Å². The monoisotopic (exact) mass is 451 g/mol. The summed E-state index contributed by atoms with van der Waals surface area (Å²) in [6.45, 7) is 0. The molecule has 0 saturated heterocycles. The predicted molar refractivity (Wildman–Crippen MR) is 118 cm³/mol. The third-order valence-corrected chi connectivity index (χ3v) is 5.67. The lowest BCUT2D eigenvalue weighted by Gasteiger charge is -2.10. The van der Waals surface area contributed by atoms with E-state index in [1.807, 2.05) is 12.1 Å². The van der Waals surface area contributed by atoms with E-state index in [4.69, 9.17) is 9.15 Å². The van der Waals surface area contributed by atoms with E-state index in [1.54, 1.807) is 24.3 Å². The average molecular weight is 451 g/mol. The number of nitrogens with zero attached hydrogens (tertiary/aromatic N) is 3. The van der Waals surface area contributed by atoms with E-state index in [0.717, 1.165) is 0 Å². The number of fused-ring (bicyclic) bond motifs is 1. The summed E-state index contributed by atoms with van der Waals surface area (Å²) in [6, 6.07) is 13.1. The van der Waals surface area contributed by atoms with Crippen molar-refractivity contribution >= 4 is 44.5 Å². The number of nitrogens with one attached hydrogen (secondary N) is 2. The van der Waals surface area contributed by atoms with Crippen LogP contribution >= 0.6 is 0 Å². The molecule has 11 heteroatoms. The maximum atomic E-state index is 12.6. The highest BCUT2D eigenvalue weighted by molar-refractivity contribution is 7.92. The second kappa shape index (κ2) is 8.86. The molecule has 0 spiro atoms. The van der Waals surface area contributed by atoms with Gasteiger partial charge in [0.15, 0.2) is 11.9 Å². The molecule has 2 heterocycles. The molecule has 162 valence electrons. The van der Waals surface area contributed by atoms with Crippen LogP contribution in [-0.2, 0) is 14.8 Å². The van der Waals surface area contributed by atoms with Gasteiger partial charge in [-0.2, -0.15) is 0 Å². The first kappa shape index (κ1) is 21.0. The predicted octanol–water partition coefficient (Wildman–Crippen LogP) is 3.08. The van der Waals surface area contributed by atoms with Crippen molar-refractivity contribution in [3.05, 3.63) is 73.0 Å². The minimum absolute atomic E-state index is 0.00861. The Morgan fingerprint density at radius 1 is 1.06 bits per heavy atom. The van der Waals surface area contributed by atoms with Gasteiger partial charge in [0.25, 0.3) is 15.9 Å². The number of hydrogen-bond donors (Lipinski definition) is 2. The highest BCUT2D eigenvalue weighted by Crippen LogP contribution is 2.23. The number of oxazole rings is 1. The van der Waals surface area contributed by atoms with Gasteiger partial charge in [0.2, 0.25) is 11.7 Å². The van der Waals surface area contributed by atoms with Crippen molar-refractivity contribution in [3.8, 4) is 5.88 Å². The summed E-state index contributed by atoms with van der Waals surface area (Å²) >= 11 is 0. The van der Waals surface area contributed by atoms with Crippen molar-refractivity contribution in [1.82, 2.24) is 15.0 Å². The normalized spacial score (nSPS) is 11.8. The number of carbonyl (C=O) groups is 1. The Kier molecular flexibility index (Phi) is 5.81. The highest BCUT2D eigenvalue weighted by Gasteiger charge is 2.18. The van der Waals surface area contributed by atoms with Crippen LogP contribution in [0.5, 0.6) is 5.88 Å². The molecule has 0 amide bonds. The molecule has 0 atom stereocenters. The van der Waals surface area contributed by atoms with Gasteiger partial charge < -0.3 is 14.5 Å². The fraction of sp³-hybridized carbons (Fsp3) is 0.0476. The Morgan fingerprint density at radius 3 is 2.53 bits per heavy atom. The maximum Gasteiger partial charge on any atom is 0.263 e. The number of rotatable bonds is 8. The minimum atomic E-state index is -3.91. The van der Waals surface area contributed by atoms with Gasteiger partial charge in [-0.3, -0.25) is 9.52 Å². The zero-order valence-corrected chi connectivity index (χ0v) is 17.5. The molecule has 0 bridgehead atoms. The number of para-hydroxylation sites is 2. The molecule has 4 rings (SSSR count). The number of benzene rings is 2. The topological polar surface area (TPSA) is 136 Å². The van der Waals surface area contributed by atoms with E-state index in [0.29, 0.717) is 23.1 Å². The molecule has 2 aromatic carbocycles. The van der Waals surface area contributed by atoms with E-state index in [1.165, 1.54) is 37.8 Å². The smallest absolute Gasteiger partial charge is 0.263 e. The molecule has 2 aromatic heterocycles. The molecule has 32 heavy (non-hydrogen) atoms. The Labute approximate surface area is 183 Å². The SMILES string of the molecule is COc1nccnc1NS(=O)(=O)c1ccc(NC=C(C=O)c2nc3ccccc3o2)cc1. The Morgan fingerprint density at radius 2 is 1.81 bits per heavy atom. The van der Waals surface area contributed by atoms with Gasteiger partial charge in [-0.05, 0) is 36.4 Å². The largest absolute Gasteiger partial charge is 0.478 e.